The number of rotatable bonds is 4. The van der Waals surface area contributed by atoms with E-state index in [1.165, 1.54) is 5.57 Å². The molecular weight excluding hydrogens is 354 g/mol. The van der Waals surface area contributed by atoms with Crippen LogP contribution in [0.5, 0.6) is 0 Å². The van der Waals surface area contributed by atoms with Crippen molar-refractivity contribution in [2.75, 3.05) is 23.7 Å². The number of hydrogen-bond donors (Lipinski definition) is 4. The molecule has 0 radical (unpaired) electrons. The third-order valence-electron chi connectivity index (χ3n) is 3.94. The van der Waals surface area contributed by atoms with Gasteiger partial charge in [-0.15, -0.1) is 12.4 Å². The molecule has 3 rings (SSSR count). The Labute approximate surface area is 157 Å². The molecule has 2 amide bonds. The number of halogens is 1. The first-order valence-electron chi connectivity index (χ1n) is 8.02. The smallest absolute Gasteiger partial charge is 0.409 e. The zero-order chi connectivity index (χ0) is 17.6. The second-order valence-electron chi connectivity index (χ2n) is 5.78. The molecule has 0 atom stereocenters. The Bertz CT molecular complexity index is 811. The van der Waals surface area contributed by atoms with Crippen molar-refractivity contribution in [1.82, 2.24) is 5.32 Å². The van der Waals surface area contributed by atoms with E-state index in [0.717, 1.165) is 25.1 Å². The van der Waals surface area contributed by atoms with E-state index in [1.807, 2.05) is 12.1 Å². The molecule has 1 heterocycles. The molecule has 0 aliphatic carbocycles. The van der Waals surface area contributed by atoms with Crippen LogP contribution in [0.25, 0.3) is 6.08 Å². The van der Waals surface area contributed by atoms with Crippen molar-refractivity contribution >= 4 is 41.9 Å². The molecule has 1 aliphatic heterocycles. The molecule has 1 aliphatic rings. The van der Waals surface area contributed by atoms with E-state index in [0.29, 0.717) is 16.9 Å². The molecule has 26 heavy (non-hydrogen) atoms. The molecule has 0 saturated carbocycles. The summed E-state index contributed by atoms with van der Waals surface area (Å²) in [6.07, 6.45) is 2.00. The predicted octanol–water partition coefficient (Wildman–Crippen LogP) is 3.83. The molecular formula is C19H20ClN3O3. The lowest BCUT2D eigenvalue weighted by molar-refractivity contribution is 0.102. The van der Waals surface area contributed by atoms with E-state index in [9.17, 15) is 9.59 Å². The van der Waals surface area contributed by atoms with Crippen LogP contribution in [0.3, 0.4) is 0 Å². The van der Waals surface area contributed by atoms with Crippen LogP contribution in [0.2, 0.25) is 0 Å². The van der Waals surface area contributed by atoms with Crippen molar-refractivity contribution in [3.8, 4) is 0 Å². The van der Waals surface area contributed by atoms with Crippen LogP contribution >= 0.6 is 12.4 Å². The van der Waals surface area contributed by atoms with Crippen molar-refractivity contribution in [2.45, 2.75) is 6.42 Å². The highest BCUT2D eigenvalue weighted by molar-refractivity contribution is 6.06. The fourth-order valence-electron chi connectivity index (χ4n) is 2.69. The highest BCUT2D eigenvalue weighted by Gasteiger charge is 2.10. The zero-order valence-electron chi connectivity index (χ0n) is 14.0. The van der Waals surface area contributed by atoms with E-state index in [4.69, 9.17) is 5.11 Å². The molecule has 136 valence electrons. The maximum absolute atomic E-state index is 12.4. The SMILES string of the molecule is Cl.O=C(O)Nc1ccccc1NC(=O)c1ccc(/C=C2/CCNC2)cc1. The molecule has 6 nitrogen and oxygen atoms in total. The minimum Gasteiger partial charge on any atom is -0.465 e. The summed E-state index contributed by atoms with van der Waals surface area (Å²) in [4.78, 5) is 23.2. The minimum absolute atomic E-state index is 0. The monoisotopic (exact) mass is 373 g/mol. The Balaban J connectivity index is 0.00000243. The number of carboxylic acid groups (broad SMARTS) is 1. The van der Waals surface area contributed by atoms with Crippen LogP contribution in [0, 0.1) is 0 Å². The molecule has 1 saturated heterocycles. The number of hydrogen-bond acceptors (Lipinski definition) is 3. The van der Waals surface area contributed by atoms with Gasteiger partial charge < -0.3 is 15.7 Å². The Morgan fingerprint density at radius 2 is 1.65 bits per heavy atom. The molecule has 4 N–H and O–H groups in total. The lowest BCUT2D eigenvalue weighted by Crippen LogP contribution is -2.15. The van der Waals surface area contributed by atoms with Crippen molar-refractivity contribution in [2.24, 2.45) is 0 Å². The fraction of sp³-hybridized carbons (Fsp3) is 0.158. The number of benzene rings is 2. The first-order valence-corrected chi connectivity index (χ1v) is 8.02. The third kappa shape index (κ3) is 5.08. The minimum atomic E-state index is -1.18. The van der Waals surface area contributed by atoms with Gasteiger partial charge >= 0.3 is 6.09 Å². The van der Waals surface area contributed by atoms with E-state index in [-0.39, 0.29) is 18.3 Å². The number of para-hydroxylation sites is 2. The summed E-state index contributed by atoms with van der Waals surface area (Å²) in [5, 5.41) is 17.1. The van der Waals surface area contributed by atoms with Gasteiger partial charge in [0.1, 0.15) is 0 Å². The van der Waals surface area contributed by atoms with Crippen molar-refractivity contribution in [1.29, 1.82) is 0 Å². The largest absolute Gasteiger partial charge is 0.465 e. The topological polar surface area (TPSA) is 90.5 Å². The molecule has 0 unspecified atom stereocenters. The quantitative estimate of drug-likeness (QED) is 0.655. The van der Waals surface area contributed by atoms with Gasteiger partial charge in [-0.2, -0.15) is 0 Å². The summed E-state index contributed by atoms with van der Waals surface area (Å²) in [5.41, 5.74) is 3.67. The van der Waals surface area contributed by atoms with E-state index in [1.54, 1.807) is 36.4 Å². The Morgan fingerprint density at radius 1 is 1.00 bits per heavy atom. The third-order valence-corrected chi connectivity index (χ3v) is 3.94. The highest BCUT2D eigenvalue weighted by Crippen LogP contribution is 2.22. The van der Waals surface area contributed by atoms with Crippen molar-refractivity contribution in [3.63, 3.8) is 0 Å². The lowest BCUT2D eigenvalue weighted by atomic mass is 10.1. The Hall–Kier alpha value is -2.83. The standard InChI is InChI=1S/C19H19N3O3.ClH/c23-18(21-16-3-1-2-4-17(16)22-19(24)25)15-7-5-13(6-8-15)11-14-9-10-20-12-14;/h1-8,11,20,22H,9-10,12H2,(H,21,23)(H,24,25);1H/b14-11-;. The summed E-state index contributed by atoms with van der Waals surface area (Å²) in [5.74, 6) is -0.290. The Morgan fingerprint density at radius 3 is 2.23 bits per heavy atom. The molecule has 0 bridgehead atoms. The second-order valence-corrected chi connectivity index (χ2v) is 5.78. The van der Waals surface area contributed by atoms with Crippen LogP contribution in [0.1, 0.15) is 22.3 Å². The molecule has 2 aromatic rings. The first kappa shape index (κ1) is 19.5. The van der Waals surface area contributed by atoms with Crippen LogP contribution < -0.4 is 16.0 Å². The van der Waals surface area contributed by atoms with Crippen LogP contribution in [-0.2, 0) is 0 Å². The van der Waals surface area contributed by atoms with E-state index < -0.39 is 6.09 Å². The average molecular weight is 374 g/mol. The lowest BCUT2D eigenvalue weighted by Gasteiger charge is -2.10. The van der Waals surface area contributed by atoms with Crippen LogP contribution in [0.4, 0.5) is 16.2 Å². The van der Waals surface area contributed by atoms with Crippen molar-refractivity contribution < 1.29 is 14.7 Å². The fourth-order valence-corrected chi connectivity index (χ4v) is 2.69. The molecule has 2 aromatic carbocycles. The van der Waals surface area contributed by atoms with Gasteiger partial charge in [0.2, 0.25) is 0 Å². The van der Waals surface area contributed by atoms with Gasteiger partial charge in [-0.05, 0) is 42.8 Å². The normalized spacial score (nSPS) is 14.5. The maximum Gasteiger partial charge on any atom is 0.409 e. The van der Waals surface area contributed by atoms with E-state index in [2.05, 4.69) is 22.0 Å². The molecule has 0 aromatic heterocycles. The number of nitrogens with one attached hydrogen (secondary N) is 3. The van der Waals surface area contributed by atoms with Gasteiger partial charge in [-0.25, -0.2) is 4.79 Å². The highest BCUT2D eigenvalue weighted by atomic mass is 35.5. The Kier molecular flexibility index (Phi) is 6.77. The average Bonchev–Trinajstić information content (AvgIpc) is 3.10. The van der Waals surface area contributed by atoms with Gasteiger partial charge in [-0.1, -0.05) is 35.9 Å². The van der Waals surface area contributed by atoms with Gasteiger partial charge in [0.05, 0.1) is 11.4 Å². The predicted molar refractivity (Wildman–Crippen MR) is 105 cm³/mol. The van der Waals surface area contributed by atoms with Crippen molar-refractivity contribution in [3.05, 3.63) is 65.2 Å². The van der Waals surface area contributed by atoms with Crippen LogP contribution in [-0.4, -0.2) is 30.2 Å². The first-order chi connectivity index (χ1) is 12.1. The summed E-state index contributed by atoms with van der Waals surface area (Å²) in [7, 11) is 0. The van der Waals surface area contributed by atoms with Gasteiger partial charge in [0, 0.05) is 12.1 Å². The molecule has 0 spiro atoms. The molecule has 7 heteroatoms. The number of carbonyl (C=O) groups is 2. The molecule has 1 fully saturated rings. The summed E-state index contributed by atoms with van der Waals surface area (Å²) < 4.78 is 0. The number of amides is 2. The maximum atomic E-state index is 12.4. The van der Waals surface area contributed by atoms with Gasteiger partial charge in [-0.3, -0.25) is 10.1 Å². The second kappa shape index (κ2) is 9.03. The summed E-state index contributed by atoms with van der Waals surface area (Å²) >= 11 is 0. The van der Waals surface area contributed by atoms with Gasteiger partial charge in [0.15, 0.2) is 0 Å². The van der Waals surface area contributed by atoms with Crippen LogP contribution in [0.15, 0.2) is 54.1 Å². The summed E-state index contributed by atoms with van der Waals surface area (Å²) in [6.45, 7) is 1.92. The number of carbonyl (C=O) groups excluding carboxylic acids is 1. The zero-order valence-corrected chi connectivity index (χ0v) is 14.8. The summed E-state index contributed by atoms with van der Waals surface area (Å²) in [6, 6.07) is 14.0. The van der Waals surface area contributed by atoms with Gasteiger partial charge in [0.25, 0.3) is 5.91 Å². The van der Waals surface area contributed by atoms with E-state index >= 15 is 0 Å². The number of anilines is 2.